The second kappa shape index (κ2) is 13.7. The van der Waals surface area contributed by atoms with Crippen molar-refractivity contribution >= 4 is 11.8 Å². The molecule has 0 rings (SSSR count). The van der Waals surface area contributed by atoms with E-state index in [0.717, 1.165) is 18.9 Å². The van der Waals surface area contributed by atoms with Gasteiger partial charge in [-0.1, -0.05) is 33.1 Å². The highest BCUT2D eigenvalue weighted by Crippen LogP contribution is 2.12. The fraction of sp³-hybridized carbons (Fsp3) is 1.00. The van der Waals surface area contributed by atoms with E-state index in [1.54, 1.807) is 0 Å². The van der Waals surface area contributed by atoms with Crippen LogP contribution in [0.25, 0.3) is 0 Å². The van der Waals surface area contributed by atoms with Crippen LogP contribution in [0.2, 0.25) is 0 Å². The molecule has 3 nitrogen and oxygen atoms in total. The Kier molecular flexibility index (Phi) is 13.8. The van der Waals surface area contributed by atoms with Gasteiger partial charge in [-0.05, 0) is 18.6 Å². The van der Waals surface area contributed by atoms with Crippen LogP contribution in [0, 0.1) is 5.92 Å². The molecule has 0 saturated heterocycles. The van der Waals surface area contributed by atoms with E-state index >= 15 is 0 Å². The zero-order valence-electron chi connectivity index (χ0n) is 12.3. The molecular formula is C14H31NO2S. The third kappa shape index (κ3) is 11.3. The van der Waals surface area contributed by atoms with Crippen molar-refractivity contribution in [2.75, 3.05) is 38.3 Å². The second-order valence-electron chi connectivity index (χ2n) is 4.80. The van der Waals surface area contributed by atoms with Gasteiger partial charge in [0.25, 0.3) is 0 Å². The van der Waals surface area contributed by atoms with E-state index in [0.29, 0.717) is 19.1 Å². The third-order valence-electron chi connectivity index (χ3n) is 3.07. The Morgan fingerprint density at radius 3 is 2.67 bits per heavy atom. The molecule has 0 aliphatic heterocycles. The molecule has 4 heteroatoms. The maximum Gasteiger partial charge on any atom is 0.0897 e. The first-order valence-corrected chi connectivity index (χ1v) is 8.59. The number of ether oxygens (including phenoxy) is 1. The topological polar surface area (TPSA) is 41.5 Å². The fourth-order valence-electron chi connectivity index (χ4n) is 1.77. The predicted octanol–water partition coefficient (Wildman–Crippen LogP) is 2.53. The quantitative estimate of drug-likeness (QED) is 0.508. The molecule has 0 aromatic rings. The van der Waals surface area contributed by atoms with Gasteiger partial charge >= 0.3 is 0 Å². The average Bonchev–Trinajstić information content (AvgIpc) is 2.38. The largest absolute Gasteiger partial charge is 0.389 e. The number of unbranched alkanes of at least 4 members (excludes halogenated alkanes) is 1. The zero-order valence-corrected chi connectivity index (χ0v) is 13.1. The summed E-state index contributed by atoms with van der Waals surface area (Å²) < 4.78 is 5.61. The van der Waals surface area contributed by atoms with Gasteiger partial charge in [-0.3, -0.25) is 0 Å². The van der Waals surface area contributed by atoms with Gasteiger partial charge in [-0.25, -0.2) is 0 Å². The van der Waals surface area contributed by atoms with Crippen LogP contribution in [0.1, 0.15) is 39.5 Å². The second-order valence-corrected chi connectivity index (χ2v) is 5.79. The minimum Gasteiger partial charge on any atom is -0.389 e. The zero-order chi connectivity index (χ0) is 13.6. The molecule has 0 amide bonds. The number of thioether (sulfide) groups is 1. The number of hydrogen-bond donors (Lipinski definition) is 2. The van der Waals surface area contributed by atoms with E-state index in [9.17, 15) is 5.11 Å². The van der Waals surface area contributed by atoms with Crippen molar-refractivity contribution in [3.05, 3.63) is 0 Å². The third-order valence-corrected chi connectivity index (χ3v) is 3.68. The maximum absolute atomic E-state index is 9.72. The van der Waals surface area contributed by atoms with Crippen LogP contribution in [0.5, 0.6) is 0 Å². The van der Waals surface area contributed by atoms with Gasteiger partial charge in [-0.2, -0.15) is 11.8 Å². The van der Waals surface area contributed by atoms with Crippen LogP contribution in [-0.4, -0.2) is 49.5 Å². The van der Waals surface area contributed by atoms with Crippen LogP contribution in [0.15, 0.2) is 0 Å². The lowest BCUT2D eigenvalue weighted by molar-refractivity contribution is 0.0196. The van der Waals surface area contributed by atoms with E-state index in [4.69, 9.17) is 4.74 Å². The molecular weight excluding hydrogens is 246 g/mol. The van der Waals surface area contributed by atoms with Gasteiger partial charge in [-0.15, -0.1) is 0 Å². The molecule has 2 unspecified atom stereocenters. The Balaban J connectivity index is 3.43. The Morgan fingerprint density at radius 2 is 2.06 bits per heavy atom. The molecule has 18 heavy (non-hydrogen) atoms. The highest BCUT2D eigenvalue weighted by molar-refractivity contribution is 7.98. The van der Waals surface area contributed by atoms with E-state index in [1.807, 2.05) is 11.8 Å². The van der Waals surface area contributed by atoms with Crippen molar-refractivity contribution in [3.8, 4) is 0 Å². The predicted molar refractivity (Wildman–Crippen MR) is 81.4 cm³/mol. The Hall–Kier alpha value is 0.230. The minimum atomic E-state index is -0.379. The molecule has 110 valence electrons. The number of aliphatic hydroxyl groups is 1. The van der Waals surface area contributed by atoms with Crippen molar-refractivity contribution in [3.63, 3.8) is 0 Å². The number of nitrogens with one attached hydrogen (secondary N) is 1. The van der Waals surface area contributed by atoms with E-state index in [2.05, 4.69) is 25.4 Å². The molecule has 0 heterocycles. The minimum absolute atomic E-state index is 0.379. The van der Waals surface area contributed by atoms with Crippen molar-refractivity contribution in [2.24, 2.45) is 5.92 Å². The molecule has 0 saturated carbocycles. The maximum atomic E-state index is 9.72. The standard InChI is InChI=1S/C14H31NO2S/c1-4-6-7-13(5-2)11-17-12-14(16)10-15-8-9-18-3/h13-16H,4-12H2,1-3H3. The Morgan fingerprint density at radius 1 is 1.28 bits per heavy atom. The van der Waals surface area contributed by atoms with Gasteiger partial charge in [0.15, 0.2) is 0 Å². The van der Waals surface area contributed by atoms with Gasteiger partial charge in [0.1, 0.15) is 0 Å². The Bertz CT molecular complexity index is 170. The van der Waals surface area contributed by atoms with E-state index < -0.39 is 0 Å². The number of hydrogen-bond acceptors (Lipinski definition) is 4. The SMILES string of the molecule is CCCCC(CC)COCC(O)CNCCSC. The fourth-order valence-corrected chi connectivity index (χ4v) is 2.12. The highest BCUT2D eigenvalue weighted by atomic mass is 32.2. The molecule has 2 N–H and O–H groups in total. The summed E-state index contributed by atoms with van der Waals surface area (Å²) in [5.74, 6) is 1.74. The summed E-state index contributed by atoms with van der Waals surface area (Å²) in [5.41, 5.74) is 0. The summed E-state index contributed by atoms with van der Waals surface area (Å²) in [7, 11) is 0. The number of rotatable bonds is 13. The van der Waals surface area contributed by atoms with Crippen molar-refractivity contribution in [1.82, 2.24) is 5.32 Å². The summed E-state index contributed by atoms with van der Waals surface area (Å²) in [5, 5.41) is 12.9. The van der Waals surface area contributed by atoms with Crippen LogP contribution in [-0.2, 0) is 4.74 Å². The van der Waals surface area contributed by atoms with Crippen molar-refractivity contribution < 1.29 is 9.84 Å². The lowest BCUT2D eigenvalue weighted by atomic mass is 10.0. The molecule has 0 aliphatic carbocycles. The lowest BCUT2D eigenvalue weighted by Crippen LogP contribution is -2.32. The van der Waals surface area contributed by atoms with E-state index in [1.165, 1.54) is 25.7 Å². The van der Waals surface area contributed by atoms with Gasteiger partial charge in [0.2, 0.25) is 0 Å². The van der Waals surface area contributed by atoms with Crippen LogP contribution in [0.4, 0.5) is 0 Å². The summed E-state index contributed by atoms with van der Waals surface area (Å²) in [6, 6.07) is 0. The van der Waals surface area contributed by atoms with Crippen LogP contribution in [0.3, 0.4) is 0 Å². The normalized spacial score (nSPS) is 14.7. The molecule has 0 aromatic carbocycles. The monoisotopic (exact) mass is 277 g/mol. The molecule has 0 aromatic heterocycles. The Labute approximate surface area is 117 Å². The first-order chi connectivity index (χ1) is 8.74. The van der Waals surface area contributed by atoms with Crippen LogP contribution >= 0.6 is 11.8 Å². The first-order valence-electron chi connectivity index (χ1n) is 7.20. The summed E-state index contributed by atoms with van der Waals surface area (Å²) in [6.45, 7) is 7.26. The molecule has 0 fully saturated rings. The summed E-state index contributed by atoms with van der Waals surface area (Å²) >= 11 is 1.81. The van der Waals surface area contributed by atoms with Gasteiger partial charge in [0.05, 0.1) is 12.7 Å². The highest BCUT2D eigenvalue weighted by Gasteiger charge is 2.08. The summed E-state index contributed by atoms with van der Waals surface area (Å²) in [4.78, 5) is 0. The molecule has 0 spiro atoms. The molecule has 0 bridgehead atoms. The number of aliphatic hydroxyl groups excluding tert-OH is 1. The van der Waals surface area contributed by atoms with Gasteiger partial charge in [0, 0.05) is 25.4 Å². The smallest absolute Gasteiger partial charge is 0.0897 e. The summed E-state index contributed by atoms with van der Waals surface area (Å²) in [6.07, 6.45) is 6.65. The van der Waals surface area contributed by atoms with E-state index in [-0.39, 0.29) is 6.10 Å². The van der Waals surface area contributed by atoms with Gasteiger partial charge < -0.3 is 15.2 Å². The molecule has 0 aliphatic rings. The molecule has 0 radical (unpaired) electrons. The first kappa shape index (κ1) is 18.2. The van der Waals surface area contributed by atoms with Crippen molar-refractivity contribution in [1.29, 1.82) is 0 Å². The van der Waals surface area contributed by atoms with Crippen LogP contribution < -0.4 is 5.32 Å². The lowest BCUT2D eigenvalue weighted by Gasteiger charge is -2.17. The van der Waals surface area contributed by atoms with Crippen molar-refractivity contribution in [2.45, 2.75) is 45.6 Å². The molecule has 2 atom stereocenters. The average molecular weight is 277 g/mol.